The van der Waals surface area contributed by atoms with Gasteiger partial charge in [0.25, 0.3) is 0 Å². The van der Waals surface area contributed by atoms with Crippen LogP contribution >= 0.6 is 0 Å². The van der Waals surface area contributed by atoms with Crippen molar-refractivity contribution in [1.82, 2.24) is 4.90 Å². The molecule has 1 unspecified atom stereocenters. The van der Waals surface area contributed by atoms with Crippen LogP contribution in [0.25, 0.3) is 0 Å². The van der Waals surface area contributed by atoms with Gasteiger partial charge < -0.3 is 4.74 Å². The second kappa shape index (κ2) is 5.75. The molecule has 1 saturated heterocycles. The molecule has 0 spiro atoms. The largest absolute Gasteiger partial charge is 0.416 e. The van der Waals surface area contributed by atoms with E-state index in [1.165, 1.54) is 12.1 Å². The fourth-order valence-corrected chi connectivity index (χ4v) is 2.17. The van der Waals surface area contributed by atoms with Crippen molar-refractivity contribution in [2.24, 2.45) is 0 Å². The summed E-state index contributed by atoms with van der Waals surface area (Å²) in [6, 6.07) is 5.35. The smallest absolute Gasteiger partial charge is 0.371 e. The summed E-state index contributed by atoms with van der Waals surface area (Å²) >= 11 is 0. The zero-order valence-electron chi connectivity index (χ0n) is 10.5. The third kappa shape index (κ3) is 3.58. The van der Waals surface area contributed by atoms with Gasteiger partial charge in [0, 0.05) is 19.6 Å². The maximum atomic E-state index is 12.7. The molecule has 1 aromatic rings. The molecule has 0 bridgehead atoms. The monoisotopic (exact) mass is 271 g/mol. The molecule has 1 heterocycles. The molecule has 1 aliphatic rings. The first-order valence-corrected chi connectivity index (χ1v) is 6.12. The van der Waals surface area contributed by atoms with Crippen LogP contribution in [0.15, 0.2) is 36.9 Å². The van der Waals surface area contributed by atoms with Gasteiger partial charge in [-0.1, -0.05) is 18.2 Å². The normalized spacial score (nSPS) is 21.3. The summed E-state index contributed by atoms with van der Waals surface area (Å²) < 4.78 is 43.6. The highest BCUT2D eigenvalue weighted by molar-refractivity contribution is 5.27. The third-order valence-corrected chi connectivity index (χ3v) is 3.12. The Morgan fingerprint density at radius 1 is 1.42 bits per heavy atom. The molecule has 0 aromatic heterocycles. The van der Waals surface area contributed by atoms with Crippen molar-refractivity contribution in [3.05, 3.63) is 48.0 Å². The van der Waals surface area contributed by atoms with Crippen molar-refractivity contribution >= 4 is 0 Å². The van der Waals surface area contributed by atoms with E-state index in [0.29, 0.717) is 18.7 Å². The quantitative estimate of drug-likeness (QED) is 0.782. The highest BCUT2D eigenvalue weighted by Crippen LogP contribution is 2.32. The minimum Gasteiger partial charge on any atom is -0.371 e. The van der Waals surface area contributed by atoms with E-state index in [1.807, 2.05) is 0 Å². The highest BCUT2D eigenvalue weighted by Gasteiger charge is 2.31. The fraction of sp³-hybridized carbons (Fsp3) is 0.429. The summed E-state index contributed by atoms with van der Waals surface area (Å²) in [4.78, 5) is 2.11. The number of rotatable bonds is 3. The minimum absolute atomic E-state index is 0.309. The summed E-state index contributed by atoms with van der Waals surface area (Å²) in [7, 11) is 0. The van der Waals surface area contributed by atoms with Crippen molar-refractivity contribution in [1.29, 1.82) is 0 Å². The lowest BCUT2D eigenvalue weighted by atomic mass is 10.0. The van der Waals surface area contributed by atoms with Crippen LogP contribution < -0.4 is 0 Å². The lowest BCUT2D eigenvalue weighted by Crippen LogP contribution is -2.38. The summed E-state index contributed by atoms with van der Waals surface area (Å²) in [6.45, 7) is 6.28. The summed E-state index contributed by atoms with van der Waals surface area (Å²) in [6.07, 6.45) is -2.84. The van der Waals surface area contributed by atoms with Crippen molar-refractivity contribution in [2.45, 2.75) is 12.3 Å². The Bertz CT molecular complexity index is 445. The number of alkyl halides is 3. The average molecular weight is 271 g/mol. The van der Waals surface area contributed by atoms with Crippen molar-refractivity contribution in [2.75, 3.05) is 26.2 Å². The molecular formula is C14H16F3NO. The Balaban J connectivity index is 2.15. The maximum absolute atomic E-state index is 12.7. The Hall–Kier alpha value is -1.33. The van der Waals surface area contributed by atoms with Crippen LogP contribution in [0.3, 0.4) is 0 Å². The molecule has 1 aromatic carbocycles. The molecule has 0 amide bonds. The summed E-state index contributed by atoms with van der Waals surface area (Å²) in [5.74, 6) is 0. The van der Waals surface area contributed by atoms with E-state index in [4.69, 9.17) is 4.74 Å². The van der Waals surface area contributed by atoms with E-state index >= 15 is 0 Å². The van der Waals surface area contributed by atoms with E-state index in [1.54, 1.807) is 12.1 Å². The number of benzene rings is 1. The van der Waals surface area contributed by atoms with Gasteiger partial charge in [0.2, 0.25) is 0 Å². The van der Waals surface area contributed by atoms with E-state index < -0.39 is 11.7 Å². The van der Waals surface area contributed by atoms with Crippen molar-refractivity contribution < 1.29 is 17.9 Å². The number of nitrogens with zero attached hydrogens (tertiary/aromatic N) is 1. The van der Waals surface area contributed by atoms with Gasteiger partial charge in [-0.2, -0.15) is 13.2 Å². The van der Waals surface area contributed by atoms with E-state index in [-0.39, 0.29) is 6.10 Å². The van der Waals surface area contributed by atoms with Gasteiger partial charge in [0.05, 0.1) is 18.3 Å². The molecule has 5 heteroatoms. The van der Waals surface area contributed by atoms with Gasteiger partial charge >= 0.3 is 6.18 Å². The summed E-state index contributed by atoms with van der Waals surface area (Å²) in [5.41, 5.74) is -0.0574. The van der Waals surface area contributed by atoms with Gasteiger partial charge in [-0.25, -0.2) is 0 Å². The first-order valence-electron chi connectivity index (χ1n) is 6.12. The molecular weight excluding hydrogens is 255 g/mol. The second-order valence-corrected chi connectivity index (χ2v) is 4.53. The third-order valence-electron chi connectivity index (χ3n) is 3.12. The fourth-order valence-electron chi connectivity index (χ4n) is 2.17. The molecule has 19 heavy (non-hydrogen) atoms. The first kappa shape index (κ1) is 14.1. The van der Waals surface area contributed by atoms with Crippen LogP contribution in [0.5, 0.6) is 0 Å². The lowest BCUT2D eigenvalue weighted by Gasteiger charge is -2.32. The van der Waals surface area contributed by atoms with E-state index in [9.17, 15) is 13.2 Å². The van der Waals surface area contributed by atoms with Crippen molar-refractivity contribution in [3.8, 4) is 0 Å². The van der Waals surface area contributed by atoms with Gasteiger partial charge in [-0.05, 0) is 17.7 Å². The zero-order valence-corrected chi connectivity index (χ0v) is 10.5. The topological polar surface area (TPSA) is 12.5 Å². The van der Waals surface area contributed by atoms with E-state index in [2.05, 4.69) is 11.5 Å². The molecule has 1 fully saturated rings. The SMILES string of the molecule is C=CCN1CCOC(c2cccc(C(F)(F)F)c2)C1. The minimum atomic E-state index is -4.31. The molecule has 0 saturated carbocycles. The first-order chi connectivity index (χ1) is 9.00. The molecule has 2 nitrogen and oxygen atoms in total. The number of hydrogen-bond acceptors (Lipinski definition) is 2. The molecule has 0 radical (unpaired) electrons. The van der Waals surface area contributed by atoms with Gasteiger partial charge in [0.15, 0.2) is 0 Å². The number of halogens is 3. The van der Waals surface area contributed by atoms with Crippen LogP contribution in [0.2, 0.25) is 0 Å². The average Bonchev–Trinajstić information content (AvgIpc) is 2.39. The number of hydrogen-bond donors (Lipinski definition) is 0. The molecule has 0 aliphatic carbocycles. The van der Waals surface area contributed by atoms with Crippen LogP contribution in [0.1, 0.15) is 17.2 Å². The molecule has 1 atom stereocenters. The summed E-state index contributed by atoms with van der Waals surface area (Å²) in [5, 5.41) is 0. The van der Waals surface area contributed by atoms with Crippen LogP contribution in [-0.4, -0.2) is 31.1 Å². The Morgan fingerprint density at radius 2 is 2.21 bits per heavy atom. The Kier molecular flexibility index (Phi) is 4.27. The van der Waals surface area contributed by atoms with Gasteiger partial charge in [-0.15, -0.1) is 6.58 Å². The standard InChI is InChI=1S/C14H16F3NO/c1-2-6-18-7-8-19-13(10-18)11-4-3-5-12(9-11)14(15,16)17/h2-5,9,13H,1,6-8,10H2. The zero-order chi connectivity index (χ0) is 13.9. The Labute approximate surface area is 110 Å². The number of ether oxygens (including phenoxy) is 1. The predicted molar refractivity (Wildman–Crippen MR) is 66.8 cm³/mol. The van der Waals surface area contributed by atoms with Crippen LogP contribution in [0.4, 0.5) is 13.2 Å². The second-order valence-electron chi connectivity index (χ2n) is 4.53. The van der Waals surface area contributed by atoms with Gasteiger partial charge in [-0.3, -0.25) is 4.90 Å². The maximum Gasteiger partial charge on any atom is 0.416 e. The van der Waals surface area contributed by atoms with Crippen LogP contribution in [0, 0.1) is 0 Å². The molecule has 104 valence electrons. The van der Waals surface area contributed by atoms with Gasteiger partial charge in [0.1, 0.15) is 0 Å². The highest BCUT2D eigenvalue weighted by atomic mass is 19.4. The Morgan fingerprint density at radius 3 is 2.89 bits per heavy atom. The molecule has 1 aliphatic heterocycles. The molecule has 2 rings (SSSR count). The number of morpholine rings is 1. The predicted octanol–water partition coefficient (Wildman–Crippen LogP) is 3.26. The van der Waals surface area contributed by atoms with Crippen molar-refractivity contribution in [3.63, 3.8) is 0 Å². The lowest BCUT2D eigenvalue weighted by molar-refractivity contribution is -0.137. The molecule has 0 N–H and O–H groups in total. The van der Waals surface area contributed by atoms with Crippen LogP contribution in [-0.2, 0) is 10.9 Å². The van der Waals surface area contributed by atoms with E-state index in [0.717, 1.165) is 19.2 Å².